The van der Waals surface area contributed by atoms with E-state index in [9.17, 15) is 40.8 Å². The second-order valence-electron chi connectivity index (χ2n) is 16.9. The van der Waals surface area contributed by atoms with Crippen molar-refractivity contribution in [3.8, 4) is 11.6 Å². The molecule has 0 spiro atoms. The zero-order chi connectivity index (χ0) is 45.8. The normalized spacial score (nSPS) is 30.1. The third-order valence-electron chi connectivity index (χ3n) is 12.2. The van der Waals surface area contributed by atoms with E-state index in [4.69, 9.17) is 18.3 Å². The lowest BCUT2D eigenvalue weighted by Gasteiger charge is -2.35. The molecule has 6 rings (SSSR count). The number of methoxy groups -OCH3 is 1. The minimum Gasteiger partial charge on any atom is -0.494 e. The molecule has 2 saturated carbocycles. The van der Waals surface area contributed by atoms with Crippen LogP contribution in [0.4, 0.5) is 18.0 Å². The second kappa shape index (κ2) is 16.1. The molecule has 3 N–H and O–H groups in total. The number of pyridine rings is 1. The predicted octanol–water partition coefficient (Wildman–Crippen LogP) is 5.54. The summed E-state index contributed by atoms with van der Waals surface area (Å²) in [4.78, 5) is 62.6. The zero-order valence-electron chi connectivity index (χ0n) is 36.9. The number of ether oxygens (including phenoxy) is 3. The number of sulfonamides is 1. The minimum absolute atomic E-state index is 0.0312. The lowest BCUT2D eigenvalue weighted by molar-refractivity contribution is -0.152. The number of nitrogens with one attached hydrogen (secondary N) is 3. The number of carbonyl (C=O) groups excluding carboxylic acids is 4. The van der Waals surface area contributed by atoms with Crippen molar-refractivity contribution in [3.05, 3.63) is 42.4 Å². The fourth-order valence-electron chi connectivity index (χ4n) is 7.76. The van der Waals surface area contributed by atoms with Crippen molar-refractivity contribution in [3.63, 3.8) is 0 Å². The van der Waals surface area contributed by atoms with Gasteiger partial charge in [0.05, 0.1) is 18.4 Å². The van der Waals surface area contributed by atoms with Crippen molar-refractivity contribution in [2.45, 2.75) is 133 Å². The smallest absolute Gasteiger partial charge is 0.408 e. The van der Waals surface area contributed by atoms with Crippen molar-refractivity contribution in [1.82, 2.24) is 25.2 Å². The Kier molecular flexibility index (Phi) is 10.9. The molecular formula is C41H54F3N5O9S. The molecule has 324 valence electrons. The highest BCUT2D eigenvalue weighted by atomic mass is 32.2. The fourth-order valence-corrected chi connectivity index (χ4v) is 9.02. The van der Waals surface area contributed by atoms with Crippen LogP contribution in [0.25, 0.3) is 10.8 Å². The molecule has 14 nitrogen and oxygen atoms in total. The van der Waals surface area contributed by atoms with Gasteiger partial charge in [0.1, 0.15) is 23.7 Å². The molecule has 59 heavy (non-hydrogen) atoms. The molecule has 2 aliphatic carbocycles. The Morgan fingerprint density at radius 3 is 2.54 bits per heavy atom. The number of halogens is 3. The Morgan fingerprint density at radius 1 is 1.17 bits per heavy atom. The molecule has 7 atom stereocenters. The maximum absolute atomic E-state index is 15.0. The summed E-state index contributed by atoms with van der Waals surface area (Å²) >= 11 is 0. The van der Waals surface area contributed by atoms with Crippen LogP contribution in [0.1, 0.15) is 96.9 Å². The highest BCUT2D eigenvalue weighted by molar-refractivity contribution is 7.91. The quantitative estimate of drug-likeness (QED) is 0.257. The molecule has 18 heteroatoms. The SMILES string of the molecule is [2H]C([2H])([2H])C1(S(=O)(=O)NC(=O)[C@@]23C[C@H]2/C=C\CC[C@H](C)C[C@@H](CC)[C@H](NC(=O)OC(C)(C)C(C)(F)F)C(=O)N2C[C@H](Oc4nccc5cc(OC)c(F)cc45)C[C@H]2C(=O)N3)CC1. The van der Waals surface area contributed by atoms with Crippen LogP contribution in [0.15, 0.2) is 36.5 Å². The first-order valence-corrected chi connectivity index (χ1v) is 21.3. The molecule has 1 saturated heterocycles. The van der Waals surface area contributed by atoms with Gasteiger partial charge >= 0.3 is 6.09 Å². The first-order valence-electron chi connectivity index (χ1n) is 21.3. The van der Waals surface area contributed by atoms with Crippen LogP contribution in [-0.4, -0.2) is 95.8 Å². The largest absolute Gasteiger partial charge is 0.494 e. The summed E-state index contributed by atoms with van der Waals surface area (Å²) in [7, 11) is -3.46. The number of nitrogens with zero attached hydrogens (tertiary/aromatic N) is 2. The number of alkyl halides is 2. The standard InChI is InChI=1S/C41H54F3N5O9S/c1-8-24-17-23(2)11-9-10-12-26-21-41(26,36(52)48-59(54,55)39(5)14-15-39)47-33(50)30-19-27(57-34-28-20-29(42)31(56-7)18-25(28)13-16-45-34)22-49(30)35(51)32(24)46-37(53)58-38(3,4)40(6,43)44/h10,12-13,16,18,20,23-24,26-27,30,32H,8-9,11,14-15,17,19,21-22H2,1-7H3,(H,46,53)(H,47,50)(H,48,52)/b12-10-/t23-,24+,26+,27+,30-,32-,41+/m0/s1/i5D3. The number of rotatable bonds is 10. The Bertz CT molecular complexity index is 2240. The molecule has 3 fully saturated rings. The molecule has 2 aliphatic heterocycles. The van der Waals surface area contributed by atoms with Crippen LogP contribution >= 0.6 is 0 Å². The van der Waals surface area contributed by atoms with Gasteiger partial charge in [0.25, 0.3) is 11.8 Å². The first-order chi connectivity index (χ1) is 28.8. The van der Waals surface area contributed by atoms with Gasteiger partial charge in [-0.1, -0.05) is 32.4 Å². The summed E-state index contributed by atoms with van der Waals surface area (Å²) < 4.78 is 111. The van der Waals surface area contributed by atoms with Crippen LogP contribution in [0.3, 0.4) is 0 Å². The maximum Gasteiger partial charge on any atom is 0.408 e. The molecule has 2 aromatic rings. The maximum atomic E-state index is 15.0. The number of hydrogen-bond donors (Lipinski definition) is 3. The minimum atomic E-state index is -4.77. The summed E-state index contributed by atoms with van der Waals surface area (Å²) in [5.74, 6) is -8.42. The average Bonchev–Trinajstić information content (AvgIpc) is 4.09. The highest BCUT2D eigenvalue weighted by Gasteiger charge is 2.63. The van der Waals surface area contributed by atoms with E-state index in [1.165, 1.54) is 19.4 Å². The van der Waals surface area contributed by atoms with Crippen molar-refractivity contribution in [1.29, 1.82) is 0 Å². The van der Waals surface area contributed by atoms with E-state index in [0.29, 0.717) is 38.0 Å². The van der Waals surface area contributed by atoms with Gasteiger partial charge in [-0.05, 0) is 94.6 Å². The van der Waals surface area contributed by atoms with E-state index in [2.05, 4.69) is 15.6 Å². The van der Waals surface area contributed by atoms with Crippen molar-refractivity contribution < 1.29 is 59.1 Å². The van der Waals surface area contributed by atoms with Crippen LogP contribution in [0.2, 0.25) is 0 Å². The van der Waals surface area contributed by atoms with Crippen molar-refractivity contribution in [2.24, 2.45) is 17.8 Å². The molecule has 1 aromatic heterocycles. The number of fused-ring (bicyclic) bond motifs is 3. The molecule has 4 aliphatic rings. The van der Waals surface area contributed by atoms with E-state index in [1.54, 1.807) is 25.1 Å². The average molecular weight is 853 g/mol. The summed E-state index contributed by atoms with van der Waals surface area (Å²) in [6.07, 6.45) is 3.72. The number of benzene rings is 1. The van der Waals surface area contributed by atoms with Crippen LogP contribution in [0, 0.1) is 23.6 Å². The third-order valence-corrected chi connectivity index (χ3v) is 14.1. The number of amides is 4. The van der Waals surface area contributed by atoms with Crippen LogP contribution in [-0.2, 0) is 29.1 Å². The van der Waals surface area contributed by atoms with Gasteiger partial charge in [-0.2, -0.15) is 0 Å². The summed E-state index contributed by atoms with van der Waals surface area (Å²) in [5, 5.41) is 5.98. The molecular weight excluding hydrogens is 796 g/mol. The van der Waals surface area contributed by atoms with E-state index in [0.717, 1.165) is 24.8 Å². The summed E-state index contributed by atoms with van der Waals surface area (Å²) in [5.41, 5.74) is -4.14. The van der Waals surface area contributed by atoms with E-state index >= 15 is 0 Å². The molecule has 1 aromatic carbocycles. The Labute approximate surface area is 346 Å². The summed E-state index contributed by atoms with van der Waals surface area (Å²) in [6, 6.07) is 1.37. The number of aromatic nitrogens is 1. The molecule has 4 amide bonds. The van der Waals surface area contributed by atoms with Crippen LogP contribution in [0.5, 0.6) is 11.6 Å². The lowest BCUT2D eigenvalue weighted by Crippen LogP contribution is -2.60. The van der Waals surface area contributed by atoms with Gasteiger partial charge in [0.2, 0.25) is 27.7 Å². The third kappa shape index (κ3) is 8.97. The van der Waals surface area contributed by atoms with Gasteiger partial charge in [0, 0.05) is 35.0 Å². The van der Waals surface area contributed by atoms with E-state index in [1.807, 2.05) is 11.6 Å². The van der Waals surface area contributed by atoms with Gasteiger partial charge in [-0.15, -0.1) is 0 Å². The number of carbonyl (C=O) groups is 4. The number of alkyl carbamates (subject to hydrolysis) is 1. The lowest BCUT2D eigenvalue weighted by atomic mass is 9.85. The van der Waals surface area contributed by atoms with Gasteiger partial charge in [-0.3, -0.25) is 19.1 Å². The monoisotopic (exact) mass is 852 g/mol. The Balaban J connectivity index is 1.38. The predicted molar refractivity (Wildman–Crippen MR) is 211 cm³/mol. The van der Waals surface area contributed by atoms with E-state index < -0.39 is 98.3 Å². The van der Waals surface area contributed by atoms with Crippen molar-refractivity contribution >= 4 is 44.6 Å². The zero-order valence-corrected chi connectivity index (χ0v) is 34.7. The second-order valence-corrected chi connectivity index (χ2v) is 18.9. The van der Waals surface area contributed by atoms with E-state index in [-0.39, 0.29) is 55.2 Å². The van der Waals surface area contributed by atoms with Crippen LogP contribution < -0.4 is 24.8 Å². The van der Waals surface area contributed by atoms with Gasteiger partial charge < -0.3 is 29.7 Å². The Morgan fingerprint density at radius 2 is 1.90 bits per heavy atom. The van der Waals surface area contributed by atoms with Gasteiger partial charge in [-0.25, -0.2) is 31.4 Å². The molecule has 3 heterocycles. The Hall–Kier alpha value is -4.61. The topological polar surface area (TPSA) is 182 Å². The van der Waals surface area contributed by atoms with Gasteiger partial charge in [0.15, 0.2) is 17.2 Å². The summed E-state index contributed by atoms with van der Waals surface area (Å²) in [6.45, 7) is 3.15. The highest BCUT2D eigenvalue weighted by Crippen LogP contribution is 2.48. The molecule has 0 bridgehead atoms. The molecule has 0 radical (unpaired) electrons. The number of allylic oxidation sites excluding steroid dienone is 1. The number of hydrogen-bond acceptors (Lipinski definition) is 10. The fraction of sp³-hybridized carbons (Fsp3) is 0.634. The first kappa shape index (κ1) is 39.8. The van der Waals surface area contributed by atoms with Crippen molar-refractivity contribution in [2.75, 3.05) is 13.7 Å². The molecule has 0 unspecified atom stereocenters.